The summed E-state index contributed by atoms with van der Waals surface area (Å²) < 4.78 is 0. The first kappa shape index (κ1) is 17.2. The van der Waals surface area contributed by atoms with Crippen molar-refractivity contribution < 1.29 is 9.59 Å². The van der Waals surface area contributed by atoms with Crippen LogP contribution in [-0.4, -0.2) is 17.9 Å². The summed E-state index contributed by atoms with van der Waals surface area (Å²) >= 11 is 0. The van der Waals surface area contributed by atoms with Crippen molar-refractivity contribution in [1.82, 2.24) is 0 Å². The Kier molecular flexibility index (Phi) is 5.90. The molecule has 1 rings (SSSR count). The minimum Gasteiger partial charge on any atom is -0.369 e. The number of hydrogen-bond acceptors (Lipinski definition) is 3. The number of para-hydroxylation sites is 1. The molecule has 0 spiro atoms. The van der Waals surface area contributed by atoms with Gasteiger partial charge in [-0.25, -0.2) is 0 Å². The predicted molar refractivity (Wildman–Crippen MR) is 84.6 cm³/mol. The number of benzene rings is 1. The molecule has 0 fully saturated rings. The Morgan fingerprint density at radius 1 is 1.24 bits per heavy atom. The Labute approximate surface area is 126 Å². The lowest BCUT2D eigenvalue weighted by Crippen LogP contribution is -2.31. The zero-order chi connectivity index (χ0) is 16.0. The second-order valence-electron chi connectivity index (χ2n) is 6.58. The van der Waals surface area contributed by atoms with E-state index < -0.39 is 5.91 Å². The molecule has 0 heterocycles. The molecule has 116 valence electrons. The van der Waals surface area contributed by atoms with Crippen molar-refractivity contribution in [2.45, 2.75) is 46.1 Å². The van der Waals surface area contributed by atoms with Gasteiger partial charge >= 0.3 is 0 Å². The van der Waals surface area contributed by atoms with Crippen molar-refractivity contribution >= 4 is 17.5 Å². The van der Waals surface area contributed by atoms with Gasteiger partial charge in [-0.1, -0.05) is 39.0 Å². The molecule has 2 amide bonds. The van der Waals surface area contributed by atoms with Gasteiger partial charge in [0.25, 0.3) is 0 Å². The molecule has 0 aliphatic carbocycles. The molecule has 1 atom stereocenters. The molecule has 1 aromatic rings. The summed E-state index contributed by atoms with van der Waals surface area (Å²) in [6, 6.07) is 6.95. The van der Waals surface area contributed by atoms with Gasteiger partial charge in [-0.05, 0) is 23.5 Å². The van der Waals surface area contributed by atoms with E-state index in [0.717, 1.165) is 6.42 Å². The topological polar surface area (TPSA) is 98.2 Å². The summed E-state index contributed by atoms with van der Waals surface area (Å²) in [7, 11) is 0. The molecular formula is C16H25N3O2. The minimum absolute atomic E-state index is 0.0869. The summed E-state index contributed by atoms with van der Waals surface area (Å²) in [5.74, 6) is -0.579. The molecule has 5 N–H and O–H groups in total. The number of nitrogens with one attached hydrogen (secondary N) is 1. The van der Waals surface area contributed by atoms with Gasteiger partial charge < -0.3 is 16.8 Å². The van der Waals surface area contributed by atoms with Gasteiger partial charge in [-0.3, -0.25) is 9.59 Å². The van der Waals surface area contributed by atoms with Gasteiger partial charge in [0.15, 0.2) is 0 Å². The molecule has 21 heavy (non-hydrogen) atoms. The van der Waals surface area contributed by atoms with E-state index in [1.54, 1.807) is 24.3 Å². The van der Waals surface area contributed by atoms with E-state index in [9.17, 15) is 9.59 Å². The zero-order valence-corrected chi connectivity index (χ0v) is 13.0. The molecule has 5 nitrogen and oxygen atoms in total. The average molecular weight is 291 g/mol. The first-order valence-corrected chi connectivity index (χ1v) is 7.09. The maximum absolute atomic E-state index is 12.0. The highest BCUT2D eigenvalue weighted by Crippen LogP contribution is 2.22. The fourth-order valence-electron chi connectivity index (χ4n) is 2.28. The van der Waals surface area contributed by atoms with E-state index >= 15 is 0 Å². The van der Waals surface area contributed by atoms with Crippen molar-refractivity contribution in [2.24, 2.45) is 16.9 Å². The fourth-order valence-corrected chi connectivity index (χ4v) is 2.28. The number of amides is 2. The van der Waals surface area contributed by atoms with Gasteiger partial charge in [-0.15, -0.1) is 0 Å². The molecular weight excluding hydrogens is 266 g/mol. The van der Waals surface area contributed by atoms with Gasteiger partial charge in [0, 0.05) is 18.2 Å². The van der Waals surface area contributed by atoms with Crippen LogP contribution < -0.4 is 16.8 Å². The molecule has 0 aromatic heterocycles. The number of carbonyl (C=O) groups excluding carboxylic acids is 2. The first-order valence-electron chi connectivity index (χ1n) is 7.09. The van der Waals surface area contributed by atoms with Crippen LogP contribution in [0.25, 0.3) is 0 Å². The molecule has 0 aliphatic heterocycles. The summed E-state index contributed by atoms with van der Waals surface area (Å²) in [4.78, 5) is 23.1. The Morgan fingerprint density at radius 2 is 1.86 bits per heavy atom. The highest BCUT2D eigenvalue weighted by atomic mass is 16.2. The maximum atomic E-state index is 12.0. The lowest BCUT2D eigenvalue weighted by Gasteiger charge is -2.22. The standard InChI is InChI=1S/C16H25N3O2/c1-16(2,3)10-12(17)9-15(21)19-13-7-5-4-6-11(13)8-14(18)20/h4-7,12H,8-10,17H2,1-3H3,(H2,18,20)(H,19,21). The first-order chi connectivity index (χ1) is 9.67. The Balaban J connectivity index is 2.65. The SMILES string of the molecule is CC(C)(C)CC(N)CC(=O)Nc1ccccc1CC(N)=O. The van der Waals surface area contributed by atoms with Crippen LogP contribution in [-0.2, 0) is 16.0 Å². The maximum Gasteiger partial charge on any atom is 0.225 e. The van der Waals surface area contributed by atoms with E-state index in [1.165, 1.54) is 0 Å². The summed E-state index contributed by atoms with van der Waals surface area (Å²) in [6.07, 6.45) is 1.12. The normalized spacial score (nSPS) is 12.8. The number of carbonyl (C=O) groups is 2. The predicted octanol–water partition coefficient (Wildman–Crippen LogP) is 1.81. The molecule has 1 aromatic carbocycles. The number of primary amides is 1. The summed E-state index contributed by atoms with van der Waals surface area (Å²) in [5, 5.41) is 2.81. The molecule has 1 unspecified atom stereocenters. The third-order valence-corrected chi connectivity index (χ3v) is 2.98. The van der Waals surface area contributed by atoms with Crippen molar-refractivity contribution in [3.63, 3.8) is 0 Å². The van der Waals surface area contributed by atoms with Gasteiger partial charge in [-0.2, -0.15) is 0 Å². The van der Waals surface area contributed by atoms with E-state index in [4.69, 9.17) is 11.5 Å². The highest BCUT2D eigenvalue weighted by Gasteiger charge is 2.18. The quantitative estimate of drug-likeness (QED) is 0.745. The number of nitrogens with two attached hydrogens (primary N) is 2. The second kappa shape index (κ2) is 7.22. The van der Waals surface area contributed by atoms with E-state index in [0.29, 0.717) is 11.3 Å². The molecule has 0 bridgehead atoms. The molecule has 5 heteroatoms. The van der Waals surface area contributed by atoms with Gasteiger partial charge in [0.2, 0.25) is 11.8 Å². The second-order valence-corrected chi connectivity index (χ2v) is 6.58. The highest BCUT2D eigenvalue weighted by molar-refractivity contribution is 5.92. The van der Waals surface area contributed by atoms with Gasteiger partial charge in [0.05, 0.1) is 6.42 Å². The molecule has 0 saturated heterocycles. The van der Waals surface area contributed by atoms with Crippen molar-refractivity contribution in [1.29, 1.82) is 0 Å². The largest absolute Gasteiger partial charge is 0.369 e. The van der Waals surface area contributed by atoms with E-state index in [1.807, 2.05) is 0 Å². The zero-order valence-electron chi connectivity index (χ0n) is 13.0. The third-order valence-electron chi connectivity index (χ3n) is 2.98. The Bertz CT molecular complexity index is 506. The number of hydrogen-bond donors (Lipinski definition) is 3. The lowest BCUT2D eigenvalue weighted by molar-refractivity contribution is -0.118. The molecule has 0 radical (unpaired) electrons. The van der Waals surface area contributed by atoms with Crippen LogP contribution in [0.15, 0.2) is 24.3 Å². The summed E-state index contributed by atoms with van der Waals surface area (Å²) in [5.41, 5.74) is 12.6. The van der Waals surface area contributed by atoms with Crippen LogP contribution >= 0.6 is 0 Å². The van der Waals surface area contributed by atoms with E-state index in [-0.39, 0.29) is 30.2 Å². The van der Waals surface area contributed by atoms with E-state index in [2.05, 4.69) is 26.1 Å². The van der Waals surface area contributed by atoms with Crippen LogP contribution in [0.4, 0.5) is 5.69 Å². The average Bonchev–Trinajstić information content (AvgIpc) is 2.28. The minimum atomic E-state index is -0.430. The van der Waals surface area contributed by atoms with Crippen LogP contribution in [0.2, 0.25) is 0 Å². The number of anilines is 1. The van der Waals surface area contributed by atoms with Gasteiger partial charge in [0.1, 0.15) is 0 Å². The monoisotopic (exact) mass is 291 g/mol. The third kappa shape index (κ3) is 6.90. The number of rotatable bonds is 6. The van der Waals surface area contributed by atoms with Crippen molar-refractivity contribution in [2.75, 3.05) is 5.32 Å². The van der Waals surface area contributed by atoms with Crippen LogP contribution in [0, 0.1) is 5.41 Å². The Hall–Kier alpha value is -1.88. The lowest BCUT2D eigenvalue weighted by atomic mass is 9.87. The fraction of sp³-hybridized carbons (Fsp3) is 0.500. The Morgan fingerprint density at radius 3 is 2.43 bits per heavy atom. The smallest absolute Gasteiger partial charge is 0.225 e. The van der Waals surface area contributed by atoms with Crippen molar-refractivity contribution in [3.8, 4) is 0 Å². The molecule has 0 aliphatic rings. The summed E-state index contributed by atoms with van der Waals surface area (Å²) in [6.45, 7) is 6.27. The van der Waals surface area contributed by atoms with Crippen LogP contribution in [0.1, 0.15) is 39.2 Å². The van der Waals surface area contributed by atoms with Crippen molar-refractivity contribution in [3.05, 3.63) is 29.8 Å². The van der Waals surface area contributed by atoms with Crippen LogP contribution in [0.5, 0.6) is 0 Å². The van der Waals surface area contributed by atoms with Crippen LogP contribution in [0.3, 0.4) is 0 Å². The molecule has 0 saturated carbocycles.